The molecular formula is C18H17N5O2S3. The summed E-state index contributed by atoms with van der Waals surface area (Å²) in [5.74, 6) is 1.25. The molecule has 0 aliphatic rings. The fourth-order valence-corrected chi connectivity index (χ4v) is 5.13. The first-order chi connectivity index (χ1) is 13.7. The van der Waals surface area contributed by atoms with Crippen LogP contribution in [0.2, 0.25) is 0 Å². The van der Waals surface area contributed by atoms with E-state index >= 15 is 0 Å². The maximum atomic E-state index is 12.8. The number of carbonyl (C=O) groups excluding carboxylic acids is 1. The third-order valence-corrected chi connectivity index (χ3v) is 6.79. The van der Waals surface area contributed by atoms with E-state index in [-0.39, 0.29) is 5.91 Å². The Labute approximate surface area is 173 Å². The van der Waals surface area contributed by atoms with Gasteiger partial charge in [-0.2, -0.15) is 0 Å². The number of rotatable bonds is 8. The molecule has 0 unspecified atom stereocenters. The van der Waals surface area contributed by atoms with Crippen LogP contribution in [0, 0.1) is 0 Å². The zero-order chi connectivity index (χ0) is 19.3. The maximum Gasteiger partial charge on any atom is 0.257 e. The molecule has 1 amide bonds. The molecule has 0 atom stereocenters. The molecule has 144 valence electrons. The molecule has 0 aromatic carbocycles. The van der Waals surface area contributed by atoms with Gasteiger partial charge in [0.05, 0.1) is 27.4 Å². The average molecular weight is 432 g/mol. The van der Waals surface area contributed by atoms with Gasteiger partial charge in [0.15, 0.2) is 0 Å². The topological polar surface area (TPSA) is 85.0 Å². The second kappa shape index (κ2) is 8.80. The highest BCUT2D eigenvalue weighted by atomic mass is 32.2. The lowest BCUT2D eigenvalue weighted by Gasteiger charge is -2.20. The normalized spacial score (nSPS) is 11.2. The Morgan fingerprint density at radius 1 is 1.21 bits per heavy atom. The molecular weight excluding hydrogens is 414 g/mol. The van der Waals surface area contributed by atoms with Gasteiger partial charge in [-0.1, -0.05) is 24.8 Å². The Bertz CT molecular complexity index is 1060. The van der Waals surface area contributed by atoms with Gasteiger partial charge in [0.2, 0.25) is 11.8 Å². The Balaban J connectivity index is 1.42. The summed E-state index contributed by atoms with van der Waals surface area (Å²) in [4.78, 5) is 24.0. The van der Waals surface area contributed by atoms with Crippen LogP contribution in [0.1, 0.15) is 19.2 Å². The number of hydrogen-bond donors (Lipinski definition) is 0. The molecule has 28 heavy (non-hydrogen) atoms. The molecule has 0 spiro atoms. The molecule has 0 fully saturated rings. The summed E-state index contributed by atoms with van der Waals surface area (Å²) in [6, 6.07) is 5.82. The number of aromatic nitrogens is 4. The van der Waals surface area contributed by atoms with Crippen LogP contribution in [0.5, 0.6) is 0 Å². The molecule has 4 heterocycles. The lowest BCUT2D eigenvalue weighted by Crippen LogP contribution is -2.32. The zero-order valence-electron chi connectivity index (χ0n) is 15.1. The SMILES string of the molecule is CCCN(Cc1nnc(-c2cccs2)o1)C(=O)CSc1ncnc2ccsc12. The molecule has 4 aromatic rings. The fourth-order valence-electron chi connectivity index (χ4n) is 2.63. The molecule has 0 saturated carbocycles. The maximum absolute atomic E-state index is 12.8. The average Bonchev–Trinajstić information content (AvgIpc) is 3.46. The zero-order valence-corrected chi connectivity index (χ0v) is 17.5. The van der Waals surface area contributed by atoms with Crippen molar-refractivity contribution in [3.63, 3.8) is 0 Å². The van der Waals surface area contributed by atoms with Crippen molar-refractivity contribution in [1.82, 2.24) is 25.1 Å². The summed E-state index contributed by atoms with van der Waals surface area (Å²) < 4.78 is 6.75. The van der Waals surface area contributed by atoms with Crippen molar-refractivity contribution in [1.29, 1.82) is 0 Å². The van der Waals surface area contributed by atoms with Crippen LogP contribution in [0.3, 0.4) is 0 Å². The third-order valence-electron chi connectivity index (χ3n) is 3.91. The van der Waals surface area contributed by atoms with E-state index in [1.165, 1.54) is 18.1 Å². The summed E-state index contributed by atoms with van der Waals surface area (Å²) in [7, 11) is 0. The summed E-state index contributed by atoms with van der Waals surface area (Å²) in [6.07, 6.45) is 2.39. The quantitative estimate of drug-likeness (QED) is 0.303. The molecule has 0 aliphatic carbocycles. The molecule has 0 saturated heterocycles. The molecule has 10 heteroatoms. The van der Waals surface area contributed by atoms with Crippen LogP contribution in [0.25, 0.3) is 21.0 Å². The van der Waals surface area contributed by atoms with Crippen molar-refractivity contribution >= 4 is 50.6 Å². The van der Waals surface area contributed by atoms with Crippen LogP contribution in [0.15, 0.2) is 44.7 Å². The van der Waals surface area contributed by atoms with Crippen molar-refractivity contribution in [2.45, 2.75) is 24.9 Å². The van der Waals surface area contributed by atoms with Gasteiger partial charge < -0.3 is 9.32 Å². The number of nitrogens with zero attached hydrogens (tertiary/aromatic N) is 5. The monoisotopic (exact) mass is 431 g/mol. The first-order valence-electron chi connectivity index (χ1n) is 8.69. The number of fused-ring (bicyclic) bond motifs is 1. The third kappa shape index (κ3) is 4.23. The lowest BCUT2D eigenvalue weighted by atomic mass is 10.4. The molecule has 7 nitrogen and oxygen atoms in total. The van der Waals surface area contributed by atoms with E-state index < -0.39 is 0 Å². The van der Waals surface area contributed by atoms with Gasteiger partial charge in [-0.05, 0) is 29.3 Å². The molecule has 0 bridgehead atoms. The number of thiophene rings is 2. The van der Waals surface area contributed by atoms with Gasteiger partial charge in [-0.25, -0.2) is 9.97 Å². The van der Waals surface area contributed by atoms with E-state index in [0.29, 0.717) is 30.6 Å². The van der Waals surface area contributed by atoms with Crippen molar-refractivity contribution in [3.8, 4) is 10.8 Å². The summed E-state index contributed by atoms with van der Waals surface area (Å²) in [5.41, 5.74) is 0.910. The van der Waals surface area contributed by atoms with Crippen molar-refractivity contribution < 1.29 is 9.21 Å². The molecule has 0 aliphatic heterocycles. The van der Waals surface area contributed by atoms with E-state index in [2.05, 4.69) is 20.2 Å². The Morgan fingerprint density at radius 2 is 2.14 bits per heavy atom. The second-order valence-electron chi connectivity index (χ2n) is 5.90. The summed E-state index contributed by atoms with van der Waals surface area (Å²) in [6.45, 7) is 2.98. The van der Waals surface area contributed by atoms with Crippen LogP contribution in [0.4, 0.5) is 0 Å². The van der Waals surface area contributed by atoms with Crippen molar-refractivity contribution in [3.05, 3.63) is 41.2 Å². The highest BCUT2D eigenvalue weighted by molar-refractivity contribution is 8.00. The summed E-state index contributed by atoms with van der Waals surface area (Å²) >= 11 is 4.56. The van der Waals surface area contributed by atoms with Crippen molar-refractivity contribution in [2.24, 2.45) is 0 Å². The minimum atomic E-state index is 0.0195. The molecule has 0 radical (unpaired) electrons. The standard InChI is InChI=1S/C18H17N5O2S3/c1-2-6-23(9-14-21-22-17(25-14)13-4-3-7-26-13)15(24)10-28-18-16-12(5-8-27-16)19-11-20-18/h3-5,7-8,11H,2,6,9-10H2,1H3. The van der Waals surface area contributed by atoms with Crippen molar-refractivity contribution in [2.75, 3.05) is 12.3 Å². The second-order valence-corrected chi connectivity index (χ2v) is 8.72. The van der Waals surface area contributed by atoms with E-state index in [0.717, 1.165) is 26.5 Å². The minimum Gasteiger partial charge on any atom is -0.418 e. The minimum absolute atomic E-state index is 0.0195. The van der Waals surface area contributed by atoms with Crippen LogP contribution < -0.4 is 0 Å². The number of carbonyl (C=O) groups is 1. The molecule has 4 aromatic heterocycles. The largest absolute Gasteiger partial charge is 0.418 e. The van der Waals surface area contributed by atoms with Gasteiger partial charge in [-0.3, -0.25) is 4.79 Å². The number of hydrogen-bond acceptors (Lipinski definition) is 9. The Hall–Kier alpha value is -2.30. The van der Waals surface area contributed by atoms with Crippen LogP contribution >= 0.6 is 34.4 Å². The van der Waals surface area contributed by atoms with Crippen LogP contribution in [-0.2, 0) is 11.3 Å². The first kappa shape index (κ1) is 19.0. The molecule has 0 N–H and O–H groups in total. The fraction of sp³-hybridized carbons (Fsp3) is 0.278. The van der Waals surface area contributed by atoms with E-state index in [1.807, 2.05) is 35.9 Å². The van der Waals surface area contributed by atoms with Gasteiger partial charge in [0, 0.05) is 6.54 Å². The Kier molecular flexibility index (Phi) is 5.98. The van der Waals surface area contributed by atoms with Gasteiger partial charge >= 0.3 is 0 Å². The predicted octanol–water partition coefficient (Wildman–Crippen LogP) is 4.33. The first-order valence-corrected chi connectivity index (χ1v) is 11.4. The van der Waals surface area contributed by atoms with Crippen LogP contribution in [-0.4, -0.2) is 43.3 Å². The summed E-state index contributed by atoms with van der Waals surface area (Å²) in [5, 5.41) is 13.0. The van der Waals surface area contributed by atoms with Gasteiger partial charge in [-0.15, -0.1) is 32.9 Å². The van der Waals surface area contributed by atoms with E-state index in [1.54, 1.807) is 27.6 Å². The molecule has 4 rings (SSSR count). The van der Waals surface area contributed by atoms with E-state index in [4.69, 9.17) is 4.42 Å². The Morgan fingerprint density at radius 3 is 2.96 bits per heavy atom. The number of amides is 1. The smallest absolute Gasteiger partial charge is 0.257 e. The lowest BCUT2D eigenvalue weighted by molar-refractivity contribution is -0.129. The van der Waals surface area contributed by atoms with E-state index in [9.17, 15) is 4.79 Å². The van der Waals surface area contributed by atoms with Gasteiger partial charge in [0.1, 0.15) is 11.4 Å². The number of thioether (sulfide) groups is 1. The predicted molar refractivity (Wildman–Crippen MR) is 111 cm³/mol. The highest BCUT2D eigenvalue weighted by Gasteiger charge is 2.19. The highest BCUT2D eigenvalue weighted by Crippen LogP contribution is 2.29. The van der Waals surface area contributed by atoms with Gasteiger partial charge in [0.25, 0.3) is 5.89 Å².